The fraction of sp³-hybridized carbons (Fsp3) is 0.154. The van der Waals surface area contributed by atoms with Gasteiger partial charge in [0.2, 0.25) is 5.82 Å². The summed E-state index contributed by atoms with van der Waals surface area (Å²) < 4.78 is 1.48. The number of hydrogen-bond acceptors (Lipinski definition) is 5. The van der Waals surface area contributed by atoms with Crippen LogP contribution in [0.5, 0.6) is 0 Å². The van der Waals surface area contributed by atoms with Gasteiger partial charge in [-0.05, 0) is 30.4 Å². The summed E-state index contributed by atoms with van der Waals surface area (Å²) in [5, 5.41) is 16.1. The number of rotatable bonds is 3. The topological polar surface area (TPSA) is 72.5 Å². The van der Waals surface area contributed by atoms with Crippen LogP contribution in [0, 0.1) is 24.0 Å². The Bertz CT molecular complexity index is 806. The number of thiazole rings is 1. The smallest absolute Gasteiger partial charge is 0.358 e. The van der Waals surface area contributed by atoms with E-state index in [1.807, 2.05) is 32.0 Å². The minimum absolute atomic E-state index is 0.0405. The molecule has 0 radical (unpaired) electrons. The van der Waals surface area contributed by atoms with Crippen molar-refractivity contribution in [3.63, 3.8) is 0 Å². The zero-order chi connectivity index (χ0) is 14.3. The molecule has 20 heavy (non-hydrogen) atoms. The van der Waals surface area contributed by atoms with E-state index in [1.165, 1.54) is 15.7 Å². The third-order valence-corrected chi connectivity index (χ3v) is 3.80. The van der Waals surface area contributed by atoms with Crippen LogP contribution in [0.1, 0.15) is 11.1 Å². The molecule has 0 fully saturated rings. The molecule has 2 heterocycles. The first-order chi connectivity index (χ1) is 9.56. The van der Waals surface area contributed by atoms with Crippen LogP contribution in [0.2, 0.25) is 0 Å². The predicted octanol–water partition coefficient (Wildman–Crippen LogP) is 3.66. The van der Waals surface area contributed by atoms with Crippen molar-refractivity contribution in [3.8, 4) is 0 Å². The number of imidazole rings is 1. The van der Waals surface area contributed by atoms with E-state index in [1.54, 1.807) is 11.6 Å². The van der Waals surface area contributed by atoms with Gasteiger partial charge in [-0.25, -0.2) is 0 Å². The average molecular weight is 288 g/mol. The molecule has 0 aliphatic heterocycles. The van der Waals surface area contributed by atoms with Crippen LogP contribution in [-0.2, 0) is 0 Å². The first kappa shape index (κ1) is 12.6. The van der Waals surface area contributed by atoms with Gasteiger partial charge in [0, 0.05) is 11.1 Å². The minimum atomic E-state index is -0.418. The Morgan fingerprint density at radius 3 is 2.90 bits per heavy atom. The molecule has 1 aromatic carbocycles. The molecule has 0 amide bonds. The number of nitrogens with zero attached hydrogens (tertiary/aromatic N) is 3. The van der Waals surface area contributed by atoms with E-state index in [4.69, 9.17) is 0 Å². The van der Waals surface area contributed by atoms with Gasteiger partial charge in [-0.3, -0.25) is 0 Å². The van der Waals surface area contributed by atoms with E-state index in [-0.39, 0.29) is 11.6 Å². The van der Waals surface area contributed by atoms with E-state index in [0.29, 0.717) is 4.96 Å². The normalized spacial score (nSPS) is 10.9. The van der Waals surface area contributed by atoms with Crippen LogP contribution in [0.15, 0.2) is 29.8 Å². The lowest BCUT2D eigenvalue weighted by molar-refractivity contribution is -0.389. The Morgan fingerprint density at radius 1 is 1.40 bits per heavy atom. The maximum Gasteiger partial charge on any atom is 0.373 e. The predicted molar refractivity (Wildman–Crippen MR) is 78.9 cm³/mol. The second-order valence-corrected chi connectivity index (χ2v) is 5.41. The monoisotopic (exact) mass is 288 g/mol. The van der Waals surface area contributed by atoms with Crippen LogP contribution in [0.3, 0.4) is 0 Å². The lowest BCUT2D eigenvalue weighted by Crippen LogP contribution is -1.99. The Hall–Kier alpha value is -2.41. The number of hydrogen-bond donors (Lipinski definition) is 1. The zero-order valence-electron chi connectivity index (χ0n) is 11.0. The van der Waals surface area contributed by atoms with Crippen LogP contribution in [-0.4, -0.2) is 14.3 Å². The van der Waals surface area contributed by atoms with Gasteiger partial charge in [-0.2, -0.15) is 9.38 Å². The number of benzene rings is 1. The van der Waals surface area contributed by atoms with Gasteiger partial charge in [-0.1, -0.05) is 29.0 Å². The molecule has 0 spiro atoms. The van der Waals surface area contributed by atoms with Crippen molar-refractivity contribution < 1.29 is 4.92 Å². The molecule has 0 unspecified atom stereocenters. The summed E-state index contributed by atoms with van der Waals surface area (Å²) in [4.78, 5) is 15.7. The molecule has 102 valence electrons. The highest BCUT2D eigenvalue weighted by molar-refractivity contribution is 7.15. The molecule has 0 bridgehead atoms. The van der Waals surface area contributed by atoms with E-state index in [2.05, 4.69) is 10.3 Å². The number of aryl methyl sites for hydroxylation is 2. The summed E-state index contributed by atoms with van der Waals surface area (Å²) in [6, 6.07) is 5.88. The number of nitro groups is 1. The van der Waals surface area contributed by atoms with Crippen molar-refractivity contribution in [2.24, 2.45) is 0 Å². The standard InChI is InChI=1S/C13H12N4O2S/c1-8-3-4-10(9(2)7-8)14-11-12(17(18)19)16-5-6-20-13(16)15-11/h3-7,14H,1-2H3. The first-order valence-corrected chi connectivity index (χ1v) is 6.88. The van der Waals surface area contributed by atoms with Gasteiger partial charge < -0.3 is 15.4 Å². The van der Waals surface area contributed by atoms with Gasteiger partial charge in [0.15, 0.2) is 0 Å². The van der Waals surface area contributed by atoms with Crippen LogP contribution in [0.25, 0.3) is 4.96 Å². The molecule has 0 atom stereocenters. The highest BCUT2D eigenvalue weighted by Gasteiger charge is 2.23. The largest absolute Gasteiger partial charge is 0.373 e. The Balaban J connectivity index is 2.08. The molecule has 1 N–H and O–H groups in total. The summed E-state index contributed by atoms with van der Waals surface area (Å²) >= 11 is 1.36. The summed E-state index contributed by atoms with van der Waals surface area (Å²) in [6.07, 6.45) is 1.65. The molecule has 7 heteroatoms. The molecule has 3 rings (SSSR count). The van der Waals surface area contributed by atoms with Gasteiger partial charge in [0.25, 0.3) is 4.96 Å². The van der Waals surface area contributed by atoms with Gasteiger partial charge >= 0.3 is 5.82 Å². The molecular weight excluding hydrogens is 276 g/mol. The molecule has 0 saturated heterocycles. The minimum Gasteiger partial charge on any atom is -0.358 e. The second kappa shape index (κ2) is 4.61. The fourth-order valence-electron chi connectivity index (χ4n) is 2.11. The third-order valence-electron chi connectivity index (χ3n) is 3.04. The molecular formula is C13H12N4O2S. The fourth-order valence-corrected chi connectivity index (χ4v) is 2.82. The Labute approximate surface area is 118 Å². The summed E-state index contributed by atoms with van der Waals surface area (Å²) in [7, 11) is 0. The van der Waals surface area contributed by atoms with Gasteiger partial charge in [0.1, 0.15) is 6.20 Å². The average Bonchev–Trinajstić information content (AvgIpc) is 2.91. The van der Waals surface area contributed by atoms with Crippen molar-refractivity contribution in [2.45, 2.75) is 13.8 Å². The second-order valence-electron chi connectivity index (χ2n) is 4.54. The van der Waals surface area contributed by atoms with Gasteiger partial charge in [-0.15, -0.1) is 0 Å². The number of aromatic nitrogens is 2. The maximum atomic E-state index is 11.2. The van der Waals surface area contributed by atoms with Crippen LogP contribution < -0.4 is 5.32 Å². The van der Waals surface area contributed by atoms with Crippen LogP contribution in [0.4, 0.5) is 17.3 Å². The Morgan fingerprint density at radius 2 is 2.20 bits per heavy atom. The lowest BCUT2D eigenvalue weighted by Gasteiger charge is -2.07. The van der Waals surface area contributed by atoms with E-state index >= 15 is 0 Å². The van der Waals surface area contributed by atoms with Crippen molar-refractivity contribution in [3.05, 3.63) is 51.0 Å². The summed E-state index contributed by atoms with van der Waals surface area (Å²) in [6.45, 7) is 3.96. The molecule has 0 saturated carbocycles. The van der Waals surface area contributed by atoms with Crippen molar-refractivity contribution >= 4 is 33.6 Å². The van der Waals surface area contributed by atoms with Crippen molar-refractivity contribution in [1.29, 1.82) is 0 Å². The summed E-state index contributed by atoms with van der Waals surface area (Å²) in [5.41, 5.74) is 2.99. The number of fused-ring (bicyclic) bond motifs is 1. The van der Waals surface area contributed by atoms with E-state index < -0.39 is 4.92 Å². The van der Waals surface area contributed by atoms with E-state index in [0.717, 1.165) is 16.8 Å². The van der Waals surface area contributed by atoms with Crippen LogP contribution >= 0.6 is 11.3 Å². The Kier molecular flexibility index (Phi) is 2.90. The first-order valence-electron chi connectivity index (χ1n) is 6.00. The third kappa shape index (κ3) is 2.01. The molecule has 0 aliphatic carbocycles. The summed E-state index contributed by atoms with van der Waals surface area (Å²) in [5.74, 6) is 0.232. The van der Waals surface area contributed by atoms with Crippen molar-refractivity contribution in [2.75, 3.05) is 5.32 Å². The highest BCUT2D eigenvalue weighted by Crippen LogP contribution is 2.31. The molecule has 3 aromatic rings. The zero-order valence-corrected chi connectivity index (χ0v) is 11.8. The quantitative estimate of drug-likeness (QED) is 0.589. The van der Waals surface area contributed by atoms with Crippen molar-refractivity contribution in [1.82, 2.24) is 9.38 Å². The SMILES string of the molecule is Cc1ccc(Nc2nc3sccn3c2[N+](=O)[O-])c(C)c1. The van der Waals surface area contributed by atoms with Gasteiger partial charge in [0.05, 0.1) is 0 Å². The number of anilines is 2. The molecule has 0 aliphatic rings. The molecule has 6 nitrogen and oxygen atoms in total. The number of nitrogens with one attached hydrogen (secondary N) is 1. The van der Waals surface area contributed by atoms with E-state index in [9.17, 15) is 10.1 Å². The maximum absolute atomic E-state index is 11.2. The highest BCUT2D eigenvalue weighted by atomic mass is 32.1. The lowest BCUT2D eigenvalue weighted by atomic mass is 10.1. The molecule has 2 aromatic heterocycles.